The molecule has 1 aromatic carbocycles. The lowest BCUT2D eigenvalue weighted by molar-refractivity contribution is -0.0417. The molecule has 0 saturated carbocycles. The van der Waals surface area contributed by atoms with E-state index in [9.17, 15) is 0 Å². The van der Waals surface area contributed by atoms with Crippen LogP contribution in [0.25, 0.3) is 0 Å². The fourth-order valence-electron chi connectivity index (χ4n) is 2.61. The monoisotopic (exact) mass is 415 g/mol. The summed E-state index contributed by atoms with van der Waals surface area (Å²) in [5.74, 6) is 4.43. The summed E-state index contributed by atoms with van der Waals surface area (Å²) >= 11 is 3.90. The standard InChI is InChI=1S/C20H33NO4S2/c1-21(19-5-3-2-4-6-19)17-20-18-24-8-7-22-11-13-26-15-16-27-14-12-23-9-10-25-20/h2-6,20H,7-18H2,1H3. The predicted octanol–water partition coefficient (Wildman–Crippen LogP) is 3.04. The summed E-state index contributed by atoms with van der Waals surface area (Å²) < 4.78 is 23.2. The zero-order valence-corrected chi connectivity index (χ0v) is 18.0. The van der Waals surface area contributed by atoms with Gasteiger partial charge in [0, 0.05) is 42.3 Å². The number of nitrogens with zero attached hydrogens (tertiary/aromatic N) is 1. The van der Waals surface area contributed by atoms with Crippen molar-refractivity contribution >= 4 is 29.2 Å². The predicted molar refractivity (Wildman–Crippen MR) is 117 cm³/mol. The van der Waals surface area contributed by atoms with Crippen molar-refractivity contribution in [3.63, 3.8) is 0 Å². The van der Waals surface area contributed by atoms with Crippen LogP contribution in [-0.2, 0) is 18.9 Å². The van der Waals surface area contributed by atoms with E-state index >= 15 is 0 Å². The first-order chi connectivity index (χ1) is 13.4. The third-order valence-corrected chi connectivity index (χ3v) is 6.20. The molecule has 154 valence electrons. The number of anilines is 1. The van der Waals surface area contributed by atoms with Gasteiger partial charge in [-0.3, -0.25) is 0 Å². The van der Waals surface area contributed by atoms with Crippen molar-refractivity contribution in [2.75, 3.05) is 87.8 Å². The molecule has 0 radical (unpaired) electrons. The fraction of sp³-hybridized carbons (Fsp3) is 0.700. The van der Waals surface area contributed by atoms with Crippen LogP contribution in [0.1, 0.15) is 0 Å². The number of likely N-dealkylation sites (N-methyl/N-ethyl adjacent to an activating group) is 1. The lowest BCUT2D eigenvalue weighted by Gasteiger charge is -2.26. The van der Waals surface area contributed by atoms with Gasteiger partial charge in [-0.1, -0.05) is 18.2 Å². The van der Waals surface area contributed by atoms with E-state index in [1.54, 1.807) is 0 Å². The molecule has 1 atom stereocenters. The summed E-state index contributed by atoms with van der Waals surface area (Å²) in [6, 6.07) is 10.3. The molecule has 27 heavy (non-hydrogen) atoms. The van der Waals surface area contributed by atoms with Crippen LogP contribution in [0.4, 0.5) is 5.69 Å². The van der Waals surface area contributed by atoms with Gasteiger partial charge in [0.15, 0.2) is 0 Å². The van der Waals surface area contributed by atoms with E-state index in [-0.39, 0.29) is 6.10 Å². The van der Waals surface area contributed by atoms with Gasteiger partial charge >= 0.3 is 0 Å². The topological polar surface area (TPSA) is 40.2 Å². The molecule has 0 aliphatic carbocycles. The Morgan fingerprint density at radius 1 is 0.815 bits per heavy atom. The Labute approximate surface area is 172 Å². The molecule has 1 aliphatic heterocycles. The normalized spacial score (nSPS) is 22.5. The maximum absolute atomic E-state index is 6.04. The van der Waals surface area contributed by atoms with Gasteiger partial charge in [-0.2, -0.15) is 23.5 Å². The molecule has 1 fully saturated rings. The van der Waals surface area contributed by atoms with Gasteiger partial charge < -0.3 is 23.8 Å². The molecule has 1 aromatic rings. The van der Waals surface area contributed by atoms with E-state index < -0.39 is 0 Å². The van der Waals surface area contributed by atoms with Crippen molar-refractivity contribution in [1.82, 2.24) is 0 Å². The van der Waals surface area contributed by atoms with E-state index in [0.29, 0.717) is 33.0 Å². The number of benzene rings is 1. The molecule has 0 N–H and O–H groups in total. The van der Waals surface area contributed by atoms with Gasteiger partial charge in [-0.25, -0.2) is 0 Å². The van der Waals surface area contributed by atoms with Crippen LogP contribution < -0.4 is 4.90 Å². The quantitative estimate of drug-likeness (QED) is 0.751. The van der Waals surface area contributed by atoms with Crippen LogP contribution >= 0.6 is 23.5 Å². The molecule has 1 heterocycles. The van der Waals surface area contributed by atoms with Crippen LogP contribution in [0, 0.1) is 0 Å². The molecular formula is C20H33NO4S2. The Hall–Kier alpha value is -0.440. The molecular weight excluding hydrogens is 382 g/mol. The smallest absolute Gasteiger partial charge is 0.0983 e. The minimum atomic E-state index is 0.00243. The van der Waals surface area contributed by atoms with Gasteiger partial charge in [-0.05, 0) is 12.1 Å². The highest BCUT2D eigenvalue weighted by Crippen LogP contribution is 2.12. The van der Waals surface area contributed by atoms with E-state index in [1.807, 2.05) is 29.6 Å². The Morgan fingerprint density at radius 3 is 2.15 bits per heavy atom. The van der Waals surface area contributed by atoms with Crippen molar-refractivity contribution in [3.8, 4) is 0 Å². The molecule has 0 spiro atoms. The second-order valence-electron chi connectivity index (χ2n) is 6.23. The van der Waals surface area contributed by atoms with Crippen LogP contribution in [-0.4, -0.2) is 89.0 Å². The molecule has 1 aliphatic rings. The molecule has 2 rings (SSSR count). The summed E-state index contributed by atoms with van der Waals surface area (Å²) in [6.45, 7) is 5.37. The van der Waals surface area contributed by atoms with Crippen molar-refractivity contribution in [2.24, 2.45) is 0 Å². The highest BCUT2D eigenvalue weighted by atomic mass is 32.2. The Morgan fingerprint density at radius 2 is 1.44 bits per heavy atom. The first kappa shape index (κ1) is 22.8. The minimum Gasteiger partial charge on any atom is -0.378 e. The average molecular weight is 416 g/mol. The van der Waals surface area contributed by atoms with Gasteiger partial charge in [0.25, 0.3) is 0 Å². The number of thioether (sulfide) groups is 2. The number of hydrogen-bond donors (Lipinski definition) is 0. The lowest BCUT2D eigenvalue weighted by Crippen LogP contribution is -2.35. The van der Waals surface area contributed by atoms with Gasteiger partial charge in [-0.15, -0.1) is 0 Å². The molecule has 1 unspecified atom stereocenters. The number of ether oxygens (including phenoxy) is 4. The summed E-state index contributed by atoms with van der Waals surface area (Å²) in [5.41, 5.74) is 1.18. The molecule has 1 saturated heterocycles. The second kappa shape index (κ2) is 15.5. The summed E-state index contributed by atoms with van der Waals surface area (Å²) in [6.07, 6.45) is 0.00243. The average Bonchev–Trinajstić information content (AvgIpc) is 2.70. The van der Waals surface area contributed by atoms with Crippen LogP contribution in [0.2, 0.25) is 0 Å². The zero-order chi connectivity index (χ0) is 19.0. The van der Waals surface area contributed by atoms with Crippen LogP contribution in [0.3, 0.4) is 0 Å². The van der Waals surface area contributed by atoms with E-state index in [2.05, 4.69) is 36.2 Å². The number of hydrogen-bond acceptors (Lipinski definition) is 7. The summed E-state index contributed by atoms with van der Waals surface area (Å²) in [5, 5.41) is 0. The molecule has 0 bridgehead atoms. The summed E-state index contributed by atoms with van der Waals surface area (Å²) in [4.78, 5) is 2.20. The summed E-state index contributed by atoms with van der Waals surface area (Å²) in [7, 11) is 2.08. The SMILES string of the molecule is CN(CC1COCCOCCSCCSCCOCCO1)c1ccccc1. The first-order valence-electron chi connectivity index (χ1n) is 9.63. The number of rotatable bonds is 3. The molecule has 0 aromatic heterocycles. The molecule has 5 nitrogen and oxygen atoms in total. The number of para-hydroxylation sites is 1. The first-order valence-corrected chi connectivity index (χ1v) is 11.9. The van der Waals surface area contributed by atoms with Crippen LogP contribution in [0.15, 0.2) is 30.3 Å². The second-order valence-corrected chi connectivity index (χ2v) is 8.68. The van der Waals surface area contributed by atoms with E-state index in [4.69, 9.17) is 18.9 Å². The zero-order valence-electron chi connectivity index (χ0n) is 16.3. The Bertz CT molecular complexity index is 449. The van der Waals surface area contributed by atoms with Crippen LogP contribution in [0.5, 0.6) is 0 Å². The highest BCUT2D eigenvalue weighted by molar-refractivity contribution is 8.02. The Kier molecular flexibility index (Phi) is 13.1. The maximum Gasteiger partial charge on any atom is 0.0983 e. The Balaban J connectivity index is 1.76. The third kappa shape index (κ3) is 11.2. The maximum atomic E-state index is 6.04. The van der Waals surface area contributed by atoms with Gasteiger partial charge in [0.1, 0.15) is 0 Å². The van der Waals surface area contributed by atoms with Gasteiger partial charge in [0.2, 0.25) is 0 Å². The molecule has 0 amide bonds. The van der Waals surface area contributed by atoms with Crippen molar-refractivity contribution in [1.29, 1.82) is 0 Å². The molecule has 7 heteroatoms. The van der Waals surface area contributed by atoms with Crippen molar-refractivity contribution < 1.29 is 18.9 Å². The fourth-order valence-corrected chi connectivity index (χ4v) is 4.44. The van der Waals surface area contributed by atoms with E-state index in [0.717, 1.165) is 31.3 Å². The van der Waals surface area contributed by atoms with Crippen molar-refractivity contribution in [3.05, 3.63) is 30.3 Å². The minimum absolute atomic E-state index is 0.00243. The lowest BCUT2D eigenvalue weighted by atomic mass is 10.2. The highest BCUT2D eigenvalue weighted by Gasteiger charge is 2.13. The van der Waals surface area contributed by atoms with Gasteiger partial charge in [0.05, 0.1) is 52.4 Å². The van der Waals surface area contributed by atoms with E-state index in [1.165, 1.54) is 17.2 Å². The third-order valence-electron chi connectivity index (χ3n) is 4.05. The largest absolute Gasteiger partial charge is 0.378 e. The van der Waals surface area contributed by atoms with Crippen molar-refractivity contribution in [2.45, 2.75) is 6.10 Å².